The summed E-state index contributed by atoms with van der Waals surface area (Å²) in [6.07, 6.45) is 39.5. The van der Waals surface area contributed by atoms with Crippen molar-refractivity contribution in [3.8, 4) is 19.5 Å². The molecular formula is C95H157B4BrO10S7. The van der Waals surface area contributed by atoms with Gasteiger partial charge in [-0.05, 0) is 357 Å². The second kappa shape index (κ2) is 52.4. The van der Waals surface area contributed by atoms with Gasteiger partial charge in [0.15, 0.2) is 0 Å². The summed E-state index contributed by atoms with van der Waals surface area (Å²) >= 11 is 16.5. The van der Waals surface area contributed by atoms with E-state index in [0.717, 1.165) is 6.42 Å². The molecular weight excluding hydrogens is 1650 g/mol. The van der Waals surface area contributed by atoms with Crippen LogP contribution in [0.15, 0.2) is 83.9 Å². The van der Waals surface area contributed by atoms with E-state index in [-0.39, 0.29) is 71.3 Å². The molecule has 0 N–H and O–H groups in total. The highest BCUT2D eigenvalue weighted by Gasteiger charge is 2.56. The van der Waals surface area contributed by atoms with Crippen LogP contribution in [0.5, 0.6) is 0 Å². The molecule has 0 amide bonds. The molecule has 11 heterocycles. The summed E-state index contributed by atoms with van der Waals surface area (Å²) in [5.74, 6) is 0. The Kier molecular flexibility index (Phi) is 47.4. The van der Waals surface area contributed by atoms with Gasteiger partial charge in [-0.25, -0.2) is 0 Å². The van der Waals surface area contributed by atoms with Crippen LogP contribution in [0.1, 0.15) is 373 Å². The first-order chi connectivity index (χ1) is 55.2. The zero-order chi connectivity index (χ0) is 86.7. The second-order valence-corrected chi connectivity index (χ2v) is 44.6. The molecule has 4 saturated heterocycles. The van der Waals surface area contributed by atoms with E-state index in [9.17, 15) is 0 Å². The Hall–Kier alpha value is -1.76. The molecule has 7 aromatic heterocycles. The van der Waals surface area contributed by atoms with Crippen molar-refractivity contribution in [1.29, 1.82) is 0 Å². The molecule has 0 atom stereocenters. The summed E-state index contributed by atoms with van der Waals surface area (Å²) < 4.78 is 62.1. The number of rotatable bonds is 38. The third-order valence-electron chi connectivity index (χ3n) is 23.4. The quantitative estimate of drug-likeness (QED) is 0.0275. The Morgan fingerprint density at radius 1 is 0.333 bits per heavy atom. The van der Waals surface area contributed by atoms with Crippen molar-refractivity contribution in [3.63, 3.8) is 0 Å². The summed E-state index contributed by atoms with van der Waals surface area (Å²) in [6.45, 7) is 56.6. The summed E-state index contributed by atoms with van der Waals surface area (Å²) in [5.41, 5.74) is 8.08. The third kappa shape index (κ3) is 35.9. The van der Waals surface area contributed by atoms with E-state index in [2.05, 4.69) is 200 Å². The maximum Gasteiger partial charge on any atom is 0.640 e. The molecule has 10 nitrogen and oxygen atoms in total. The van der Waals surface area contributed by atoms with Gasteiger partial charge in [-0.3, -0.25) is 0 Å². The van der Waals surface area contributed by atoms with E-state index in [0.29, 0.717) is 0 Å². The van der Waals surface area contributed by atoms with Crippen molar-refractivity contribution in [2.75, 3.05) is 0 Å². The zero-order valence-electron chi connectivity index (χ0n) is 78.1. The van der Waals surface area contributed by atoms with Gasteiger partial charge in [0.25, 0.3) is 0 Å². The fraction of sp³-hybridized carbons (Fsp3) is 0.705. The number of hydrogen-bond donors (Lipinski definition) is 0. The summed E-state index contributed by atoms with van der Waals surface area (Å²) in [7, 11) is -1.50. The maximum absolute atomic E-state index is 6.37. The highest BCUT2D eigenvalue weighted by atomic mass is 79.9. The predicted octanol–water partition coefficient (Wildman–Crippen LogP) is 30.6. The molecule has 0 spiro atoms. The van der Waals surface area contributed by atoms with E-state index >= 15 is 0 Å². The Balaban J connectivity index is 0.000000254. The van der Waals surface area contributed by atoms with Crippen molar-refractivity contribution < 1.29 is 46.5 Å². The van der Waals surface area contributed by atoms with Gasteiger partial charge in [0.05, 0.1) is 48.6 Å². The highest BCUT2D eigenvalue weighted by Crippen LogP contribution is 2.43. The topological polar surface area (TPSA) is 92.3 Å². The number of unbranched alkanes of at least 4 members (excludes halogenated alkanes) is 18. The highest BCUT2D eigenvalue weighted by molar-refractivity contribution is 9.11. The molecule has 4 aliphatic rings. The monoisotopic (exact) mass is 1800 g/mol. The summed E-state index contributed by atoms with van der Waals surface area (Å²) in [4.78, 5) is 5.88. The largest absolute Gasteiger partial charge is 0.640 e. The van der Waals surface area contributed by atoms with Crippen molar-refractivity contribution >= 4 is 134 Å². The minimum Gasteiger partial charge on any atom is -0.399 e. The lowest BCUT2D eigenvalue weighted by Crippen LogP contribution is -2.41. The third-order valence-corrected chi connectivity index (χ3v) is 31.5. The number of halogens is 1. The Bertz CT molecular complexity index is 3660. The Morgan fingerprint density at radius 3 is 1.02 bits per heavy atom. The Morgan fingerprint density at radius 2 is 0.667 bits per heavy atom. The van der Waals surface area contributed by atoms with Crippen molar-refractivity contribution in [2.24, 2.45) is 0 Å². The molecule has 658 valence electrons. The van der Waals surface area contributed by atoms with Gasteiger partial charge in [0.2, 0.25) is 0 Å². The predicted molar refractivity (Wildman–Crippen MR) is 524 cm³/mol. The van der Waals surface area contributed by atoms with Crippen LogP contribution in [0.25, 0.3) is 19.5 Å². The molecule has 4 aliphatic heterocycles. The van der Waals surface area contributed by atoms with Crippen LogP contribution < -0.4 is 9.55 Å². The van der Waals surface area contributed by atoms with Gasteiger partial charge in [0.1, 0.15) is 0 Å². The first kappa shape index (κ1) is 106. The van der Waals surface area contributed by atoms with Crippen LogP contribution in [0, 0.1) is 6.92 Å². The van der Waals surface area contributed by atoms with Crippen LogP contribution in [0.3, 0.4) is 0 Å². The number of aryl methyl sites for hydroxylation is 7. The minimum absolute atomic E-state index is 0.120. The molecule has 7 aromatic rings. The summed E-state index contributed by atoms with van der Waals surface area (Å²) in [5, 5.41) is 15.6. The van der Waals surface area contributed by atoms with Gasteiger partial charge in [-0.1, -0.05) is 157 Å². The van der Waals surface area contributed by atoms with E-state index < -0.39 is 14.6 Å². The van der Waals surface area contributed by atoms with E-state index in [1.807, 2.05) is 128 Å². The van der Waals surface area contributed by atoms with Gasteiger partial charge in [0, 0.05) is 41.3 Å². The van der Waals surface area contributed by atoms with Crippen molar-refractivity contribution in [1.82, 2.24) is 0 Å². The molecule has 0 aliphatic carbocycles. The molecule has 0 saturated carbocycles. The molecule has 0 aromatic carbocycles. The van der Waals surface area contributed by atoms with Gasteiger partial charge in [-0.15, -0.1) is 56.7 Å². The molecule has 22 heteroatoms. The standard InChI is InChI=1S/C26H41BO2S2.C20H30S2.C16H27BO2S.C10H15BrS.2C9H19BO3.C5H6S/c1-7-9-11-13-15-20-17-22(30-19-20)24-21(16-14-12-10-8-2)18-23(31-24)27-28-25(3,4)26(5,6)29-27;1-3-5-7-9-11-17-15-19(22-16-17)20-18(13-14-21-20)12-10-8-6-4-2;1-6-7-8-9-10-13-11-14(20-12-13)17-18-15(2,3)16(4,5)19-17;1-2-3-4-5-6-9-7-8-12-10(9)11;2*1-7(2)11-10-12-8(3,4)9(5,6)13-10;1-5-2-3-6-4-5/h17-19H,7-16H2,1-6H3;13-16H,3-12H2,1-2H3;11-12H,6-10H2,1-5H3;7-8H,2-6H2,1H3;2*7H,1-6H3;2-4H,1H3. The minimum atomic E-state index is -0.523. The van der Waals surface area contributed by atoms with Crippen LogP contribution in [0.2, 0.25) is 0 Å². The molecule has 0 bridgehead atoms. The fourth-order valence-electron chi connectivity index (χ4n) is 13.0. The van der Waals surface area contributed by atoms with Crippen molar-refractivity contribution in [3.05, 3.63) is 123 Å². The van der Waals surface area contributed by atoms with E-state index in [4.69, 9.17) is 46.5 Å². The number of thiophene rings is 7. The smallest absolute Gasteiger partial charge is 0.399 e. The first-order valence-electron chi connectivity index (χ1n) is 45.1. The average molecular weight is 1810 g/mol. The second-order valence-electron chi connectivity index (χ2n) is 36.8. The molecule has 0 radical (unpaired) electrons. The van der Waals surface area contributed by atoms with Crippen LogP contribution >= 0.6 is 95.3 Å². The van der Waals surface area contributed by atoms with Crippen LogP contribution in [-0.4, -0.2) is 85.9 Å². The van der Waals surface area contributed by atoms with E-state index in [1.54, 1.807) is 45.1 Å². The number of hydrogen-bond acceptors (Lipinski definition) is 17. The molecule has 4 fully saturated rings. The average Bonchev–Trinajstić information content (AvgIpc) is 1.62. The molecule has 117 heavy (non-hydrogen) atoms. The zero-order valence-corrected chi connectivity index (χ0v) is 85.4. The molecule has 0 unspecified atom stereocenters. The van der Waals surface area contributed by atoms with E-state index in [1.165, 1.54) is 247 Å². The normalized spacial score (nSPS) is 17.5. The van der Waals surface area contributed by atoms with Crippen LogP contribution in [-0.2, 0) is 85.1 Å². The fourth-order valence-corrected chi connectivity index (χ4v) is 20.2. The van der Waals surface area contributed by atoms with Gasteiger partial charge < -0.3 is 46.5 Å². The lowest BCUT2D eigenvalue weighted by molar-refractivity contribution is 0.00578. The molecule has 11 rings (SSSR count). The first-order valence-corrected chi connectivity index (χ1v) is 52.0. The maximum atomic E-state index is 6.37. The summed E-state index contributed by atoms with van der Waals surface area (Å²) in [6, 6.07) is 16.2. The van der Waals surface area contributed by atoms with Crippen molar-refractivity contribution in [2.45, 2.75) is 437 Å². The van der Waals surface area contributed by atoms with Crippen LogP contribution in [0.4, 0.5) is 0 Å². The SMILES string of the molecule is CC(C)OB1OC(C)(C)C(C)(C)O1.CC(C)OB1OC(C)(C)C(C)(C)O1.CCCCCCc1ccsc1Br.CCCCCCc1csc(-c2sc(B3OC(C)(C)C(C)(C)O3)cc2CCCCCC)c1.CCCCCCc1csc(-c2sccc2CCCCCC)c1.CCCCCCc1csc(B2OC(C)(C)C(C)(C)O2)c1.Cc1ccsc1. The van der Waals surface area contributed by atoms with Gasteiger partial charge in [-0.2, -0.15) is 22.7 Å². The lowest BCUT2D eigenvalue weighted by atomic mass is 9.87. The van der Waals surface area contributed by atoms with Gasteiger partial charge >= 0.3 is 28.9 Å². The lowest BCUT2D eigenvalue weighted by Gasteiger charge is -2.32. The Labute approximate surface area is 752 Å².